The second-order valence-corrected chi connectivity index (χ2v) is 6.58. The molecule has 5 nitrogen and oxygen atoms in total. The van der Waals surface area contributed by atoms with Crippen molar-refractivity contribution < 1.29 is 4.79 Å². The summed E-state index contributed by atoms with van der Waals surface area (Å²) in [6.07, 6.45) is 6.74. The van der Waals surface area contributed by atoms with Crippen LogP contribution < -0.4 is 5.32 Å². The number of nitrogens with zero attached hydrogens (tertiary/aromatic N) is 3. The molecule has 6 heteroatoms. The number of nitrogens with one attached hydrogen (secondary N) is 1. The third-order valence-corrected chi connectivity index (χ3v) is 4.89. The number of rotatable bonds is 5. The zero-order valence-electron chi connectivity index (χ0n) is 12.4. The lowest BCUT2D eigenvalue weighted by atomic mass is 9.98. The van der Waals surface area contributed by atoms with Gasteiger partial charge in [0.05, 0.1) is 12.1 Å². The van der Waals surface area contributed by atoms with Crippen LogP contribution in [-0.2, 0) is 11.2 Å². The summed E-state index contributed by atoms with van der Waals surface area (Å²) in [5, 5.41) is 5.07. The van der Waals surface area contributed by atoms with Crippen LogP contribution in [0, 0.1) is 5.92 Å². The summed E-state index contributed by atoms with van der Waals surface area (Å²) >= 11 is 1.59. The summed E-state index contributed by atoms with van der Waals surface area (Å²) < 4.78 is 1.97. The number of hydrogen-bond acceptors (Lipinski definition) is 4. The number of amides is 1. The highest BCUT2D eigenvalue weighted by Gasteiger charge is 2.19. The number of likely N-dealkylation sites (tertiary alicyclic amines) is 1. The lowest BCUT2D eigenvalue weighted by Crippen LogP contribution is -2.41. The topological polar surface area (TPSA) is 49.6 Å². The number of carbonyl (C=O) groups is 1. The molecule has 1 fully saturated rings. The first-order valence-electron chi connectivity index (χ1n) is 7.64. The Balaban J connectivity index is 1.46. The van der Waals surface area contributed by atoms with E-state index in [-0.39, 0.29) is 5.91 Å². The molecule has 1 saturated heterocycles. The maximum absolute atomic E-state index is 12.0. The molecular weight excluding hydrogens is 284 g/mol. The number of hydrogen-bond donors (Lipinski definition) is 1. The van der Waals surface area contributed by atoms with Crippen LogP contribution in [0.25, 0.3) is 4.96 Å². The molecule has 1 amide bonds. The molecule has 3 heterocycles. The van der Waals surface area contributed by atoms with Gasteiger partial charge in [-0.2, -0.15) is 0 Å². The highest BCUT2D eigenvalue weighted by atomic mass is 32.1. The van der Waals surface area contributed by atoms with E-state index in [9.17, 15) is 4.79 Å². The zero-order valence-corrected chi connectivity index (χ0v) is 13.2. The van der Waals surface area contributed by atoms with Crippen LogP contribution in [0.4, 0.5) is 0 Å². The Hall–Kier alpha value is -1.40. The molecule has 1 aliphatic heterocycles. The van der Waals surface area contributed by atoms with Crippen molar-refractivity contribution in [3.8, 4) is 0 Å². The number of aromatic nitrogens is 2. The summed E-state index contributed by atoms with van der Waals surface area (Å²) in [6, 6.07) is 0. The van der Waals surface area contributed by atoms with E-state index in [1.54, 1.807) is 11.3 Å². The molecule has 0 aliphatic carbocycles. The number of imidazole rings is 1. The van der Waals surface area contributed by atoms with E-state index >= 15 is 0 Å². The average Bonchev–Trinajstić information content (AvgIpc) is 3.06. The molecule has 21 heavy (non-hydrogen) atoms. The monoisotopic (exact) mass is 306 g/mol. The van der Waals surface area contributed by atoms with Gasteiger partial charge in [0.2, 0.25) is 5.91 Å². The second-order valence-electron chi connectivity index (χ2n) is 5.71. The fourth-order valence-electron chi connectivity index (χ4n) is 2.95. The largest absolute Gasteiger partial charge is 0.355 e. The third-order valence-electron chi connectivity index (χ3n) is 4.12. The summed E-state index contributed by atoms with van der Waals surface area (Å²) in [5.74, 6) is 0.669. The van der Waals surface area contributed by atoms with Gasteiger partial charge in [-0.25, -0.2) is 4.98 Å². The minimum absolute atomic E-state index is 0.0781. The summed E-state index contributed by atoms with van der Waals surface area (Å²) in [7, 11) is 0. The van der Waals surface area contributed by atoms with Crippen molar-refractivity contribution in [3.05, 3.63) is 23.5 Å². The predicted octanol–water partition coefficient (Wildman–Crippen LogP) is 1.79. The molecule has 0 spiro atoms. The van der Waals surface area contributed by atoms with Gasteiger partial charge in [0.1, 0.15) is 0 Å². The molecule has 3 rings (SSSR count). The summed E-state index contributed by atoms with van der Waals surface area (Å²) in [5.41, 5.74) is 0.846. The molecule has 2 aromatic rings. The van der Waals surface area contributed by atoms with Crippen molar-refractivity contribution in [2.75, 3.05) is 26.2 Å². The minimum Gasteiger partial charge on any atom is -0.355 e. The van der Waals surface area contributed by atoms with Crippen molar-refractivity contribution in [2.24, 2.45) is 5.92 Å². The van der Waals surface area contributed by atoms with Crippen LogP contribution in [0.2, 0.25) is 0 Å². The molecule has 1 aliphatic rings. The molecule has 0 aromatic carbocycles. The van der Waals surface area contributed by atoms with E-state index in [1.165, 1.54) is 19.4 Å². The molecule has 0 bridgehead atoms. The highest BCUT2D eigenvalue weighted by molar-refractivity contribution is 7.15. The van der Waals surface area contributed by atoms with Gasteiger partial charge >= 0.3 is 0 Å². The lowest BCUT2D eigenvalue weighted by molar-refractivity contribution is -0.120. The van der Waals surface area contributed by atoms with E-state index in [2.05, 4.69) is 22.1 Å². The van der Waals surface area contributed by atoms with Crippen molar-refractivity contribution in [2.45, 2.75) is 26.2 Å². The Morgan fingerprint density at radius 3 is 3.29 bits per heavy atom. The molecule has 1 N–H and O–H groups in total. The number of carbonyl (C=O) groups excluding carboxylic acids is 1. The normalized spacial score (nSPS) is 20.0. The van der Waals surface area contributed by atoms with Gasteiger partial charge in [0.25, 0.3) is 0 Å². The van der Waals surface area contributed by atoms with Crippen LogP contribution in [0.15, 0.2) is 17.8 Å². The Kier molecular flexibility index (Phi) is 4.55. The van der Waals surface area contributed by atoms with Gasteiger partial charge in [0.15, 0.2) is 4.96 Å². The summed E-state index contributed by atoms with van der Waals surface area (Å²) in [4.78, 5) is 19.9. The fraction of sp³-hybridized carbons (Fsp3) is 0.600. The number of piperidine rings is 1. The molecule has 1 atom stereocenters. The Labute approximate surface area is 129 Å². The van der Waals surface area contributed by atoms with E-state index in [1.807, 2.05) is 22.2 Å². The molecular formula is C15H22N4OS. The smallest absolute Gasteiger partial charge is 0.226 e. The Bertz CT molecular complexity index is 577. The van der Waals surface area contributed by atoms with Crippen LogP contribution >= 0.6 is 11.3 Å². The van der Waals surface area contributed by atoms with Crippen molar-refractivity contribution in [1.82, 2.24) is 19.6 Å². The highest BCUT2D eigenvalue weighted by Crippen LogP contribution is 2.15. The SMILES string of the molecule is CCN1CCCC(CNC(=O)Cc2cn3ccsc3n2)C1. The minimum atomic E-state index is 0.0781. The molecule has 114 valence electrons. The number of fused-ring (bicyclic) bond motifs is 1. The van der Waals surface area contributed by atoms with Gasteiger partial charge in [-0.1, -0.05) is 6.92 Å². The maximum atomic E-state index is 12.0. The van der Waals surface area contributed by atoms with Crippen molar-refractivity contribution in [1.29, 1.82) is 0 Å². The van der Waals surface area contributed by atoms with Crippen LogP contribution in [0.1, 0.15) is 25.5 Å². The predicted molar refractivity (Wildman–Crippen MR) is 84.6 cm³/mol. The van der Waals surface area contributed by atoms with E-state index in [4.69, 9.17) is 0 Å². The molecule has 0 radical (unpaired) electrons. The second kappa shape index (κ2) is 6.58. The van der Waals surface area contributed by atoms with E-state index in [0.717, 1.165) is 30.3 Å². The first-order chi connectivity index (χ1) is 10.2. The average molecular weight is 306 g/mol. The van der Waals surface area contributed by atoms with Gasteiger partial charge in [0, 0.05) is 30.9 Å². The maximum Gasteiger partial charge on any atom is 0.226 e. The molecule has 1 unspecified atom stereocenters. The quantitative estimate of drug-likeness (QED) is 0.916. The first kappa shape index (κ1) is 14.5. The zero-order chi connectivity index (χ0) is 14.7. The van der Waals surface area contributed by atoms with Gasteiger partial charge in [-0.05, 0) is 31.8 Å². The standard InChI is InChI=1S/C15H22N4OS/c1-2-18-5-3-4-12(10-18)9-16-14(20)8-13-11-19-6-7-21-15(19)17-13/h6-7,11-12H,2-5,8-10H2,1H3,(H,16,20). The first-order valence-corrected chi connectivity index (χ1v) is 8.52. The Morgan fingerprint density at radius 2 is 2.48 bits per heavy atom. The number of thiazole rings is 1. The third kappa shape index (κ3) is 3.63. The van der Waals surface area contributed by atoms with Crippen LogP contribution in [0.5, 0.6) is 0 Å². The Morgan fingerprint density at radius 1 is 1.57 bits per heavy atom. The van der Waals surface area contributed by atoms with Crippen LogP contribution in [-0.4, -0.2) is 46.4 Å². The van der Waals surface area contributed by atoms with E-state index < -0.39 is 0 Å². The summed E-state index contributed by atoms with van der Waals surface area (Å²) in [6.45, 7) is 6.40. The van der Waals surface area contributed by atoms with Crippen LogP contribution in [0.3, 0.4) is 0 Å². The molecule has 0 saturated carbocycles. The fourth-order valence-corrected chi connectivity index (χ4v) is 3.67. The van der Waals surface area contributed by atoms with E-state index in [0.29, 0.717) is 12.3 Å². The lowest BCUT2D eigenvalue weighted by Gasteiger charge is -2.31. The van der Waals surface area contributed by atoms with Crippen molar-refractivity contribution >= 4 is 22.2 Å². The molecule has 2 aromatic heterocycles. The van der Waals surface area contributed by atoms with Gasteiger partial charge < -0.3 is 10.2 Å². The van der Waals surface area contributed by atoms with Crippen molar-refractivity contribution in [3.63, 3.8) is 0 Å². The van der Waals surface area contributed by atoms with Gasteiger partial charge in [-0.3, -0.25) is 9.20 Å². The van der Waals surface area contributed by atoms with Gasteiger partial charge in [-0.15, -0.1) is 11.3 Å².